The van der Waals surface area contributed by atoms with Crippen molar-refractivity contribution in [2.75, 3.05) is 19.3 Å². The van der Waals surface area contributed by atoms with Crippen molar-refractivity contribution in [3.63, 3.8) is 0 Å². The molecule has 0 spiro atoms. The van der Waals surface area contributed by atoms with Gasteiger partial charge in [-0.05, 0) is 32.1 Å². The van der Waals surface area contributed by atoms with E-state index < -0.39 is 8.07 Å². The molecule has 0 aromatic rings. The molecule has 0 aliphatic carbocycles. The molecule has 1 nitrogen and oxygen atoms in total. The largest absolute Gasteiger partial charge is 0.306 e. The third kappa shape index (κ3) is 5.27. The van der Waals surface area contributed by atoms with Crippen molar-refractivity contribution in [3.8, 4) is 0 Å². The zero-order valence-electron chi connectivity index (χ0n) is 12.7. The van der Waals surface area contributed by atoms with Crippen LogP contribution in [0.4, 0.5) is 0 Å². The summed E-state index contributed by atoms with van der Waals surface area (Å²) in [6, 6.07) is 2.89. The molecular formula is C16H33NSi. The smallest absolute Gasteiger partial charge is 0.0915 e. The molecule has 0 aromatic heterocycles. The van der Waals surface area contributed by atoms with Gasteiger partial charge in [0.15, 0.2) is 0 Å². The van der Waals surface area contributed by atoms with Crippen LogP contribution in [0.25, 0.3) is 0 Å². The highest BCUT2D eigenvalue weighted by atomic mass is 28.3. The molecular weight excluding hydrogens is 234 g/mol. The van der Waals surface area contributed by atoms with Crippen molar-refractivity contribution < 1.29 is 0 Å². The van der Waals surface area contributed by atoms with Gasteiger partial charge in [0.25, 0.3) is 0 Å². The van der Waals surface area contributed by atoms with Gasteiger partial charge < -0.3 is 4.90 Å². The van der Waals surface area contributed by atoms with Crippen molar-refractivity contribution in [2.45, 2.75) is 70.9 Å². The van der Waals surface area contributed by atoms with Crippen molar-refractivity contribution in [3.05, 3.63) is 12.3 Å². The number of rotatable bonds is 7. The molecule has 1 fully saturated rings. The van der Waals surface area contributed by atoms with Gasteiger partial charge in [-0.25, -0.2) is 0 Å². The van der Waals surface area contributed by atoms with Gasteiger partial charge in [0.1, 0.15) is 0 Å². The predicted molar refractivity (Wildman–Crippen MR) is 85.7 cm³/mol. The number of hydrogen-bond acceptors (Lipinski definition) is 1. The van der Waals surface area contributed by atoms with Gasteiger partial charge >= 0.3 is 0 Å². The molecule has 0 amide bonds. The highest BCUT2D eigenvalue weighted by Gasteiger charge is 2.29. The minimum Gasteiger partial charge on any atom is -0.306 e. The van der Waals surface area contributed by atoms with Gasteiger partial charge in [-0.3, -0.25) is 0 Å². The van der Waals surface area contributed by atoms with Crippen LogP contribution in [0.5, 0.6) is 0 Å². The highest BCUT2D eigenvalue weighted by Crippen LogP contribution is 2.23. The molecule has 18 heavy (non-hydrogen) atoms. The van der Waals surface area contributed by atoms with Crippen molar-refractivity contribution in [1.82, 2.24) is 4.90 Å². The van der Waals surface area contributed by atoms with Crippen LogP contribution in [0.1, 0.15) is 58.8 Å². The van der Waals surface area contributed by atoms with E-state index in [-0.39, 0.29) is 0 Å². The normalized spacial score (nSPS) is 19.2. The van der Waals surface area contributed by atoms with E-state index in [0.29, 0.717) is 0 Å². The van der Waals surface area contributed by atoms with Gasteiger partial charge in [-0.1, -0.05) is 58.0 Å². The second-order valence-corrected chi connectivity index (χ2v) is 10.6. The van der Waals surface area contributed by atoms with Crippen LogP contribution >= 0.6 is 0 Å². The van der Waals surface area contributed by atoms with Gasteiger partial charge in [-0.2, -0.15) is 0 Å². The fourth-order valence-corrected chi connectivity index (χ4v) is 7.77. The maximum absolute atomic E-state index is 4.21. The summed E-state index contributed by atoms with van der Waals surface area (Å²) in [5, 5.41) is 0. The summed E-state index contributed by atoms with van der Waals surface area (Å²) < 4.78 is 0. The van der Waals surface area contributed by atoms with E-state index in [1.165, 1.54) is 76.3 Å². The standard InChI is InChI=1S/C16H33NSi/c1-4-14-18(6-3,15-5-2)16-17-12-10-8-7-9-11-13-17/h6H,3-5,7-16H2,1-2H3. The van der Waals surface area contributed by atoms with E-state index in [1.54, 1.807) is 0 Å². The van der Waals surface area contributed by atoms with Crippen molar-refractivity contribution in [1.29, 1.82) is 0 Å². The molecule has 1 heterocycles. The van der Waals surface area contributed by atoms with Crippen LogP contribution in [0.3, 0.4) is 0 Å². The maximum Gasteiger partial charge on any atom is 0.0915 e. The molecule has 0 radical (unpaired) electrons. The second-order valence-electron chi connectivity index (χ2n) is 6.11. The molecule has 0 bridgehead atoms. The van der Waals surface area contributed by atoms with E-state index >= 15 is 0 Å². The Hall–Kier alpha value is -0.0831. The fraction of sp³-hybridized carbons (Fsp3) is 0.875. The first kappa shape index (κ1) is 16.0. The van der Waals surface area contributed by atoms with Crippen LogP contribution in [0, 0.1) is 0 Å². The van der Waals surface area contributed by atoms with Crippen LogP contribution in [-0.4, -0.2) is 32.2 Å². The molecule has 1 rings (SSSR count). The molecule has 1 saturated heterocycles. The quantitative estimate of drug-likeness (QED) is 0.600. The lowest BCUT2D eigenvalue weighted by Gasteiger charge is -2.35. The second kappa shape index (κ2) is 8.92. The Morgan fingerprint density at radius 1 is 0.944 bits per heavy atom. The van der Waals surface area contributed by atoms with Gasteiger partial charge in [0.05, 0.1) is 8.07 Å². The van der Waals surface area contributed by atoms with Crippen LogP contribution in [0.2, 0.25) is 12.1 Å². The van der Waals surface area contributed by atoms with Crippen LogP contribution < -0.4 is 0 Å². The zero-order chi connectivity index (χ0) is 13.3. The summed E-state index contributed by atoms with van der Waals surface area (Å²) >= 11 is 0. The Labute approximate surface area is 116 Å². The summed E-state index contributed by atoms with van der Waals surface area (Å²) in [5.74, 6) is 0. The first-order valence-electron chi connectivity index (χ1n) is 8.12. The summed E-state index contributed by atoms with van der Waals surface area (Å²) in [5.41, 5.74) is 2.40. The van der Waals surface area contributed by atoms with Crippen molar-refractivity contribution in [2.24, 2.45) is 0 Å². The fourth-order valence-electron chi connectivity index (χ4n) is 3.46. The van der Waals surface area contributed by atoms with E-state index in [4.69, 9.17) is 0 Å². The molecule has 0 atom stereocenters. The number of likely N-dealkylation sites (tertiary alicyclic amines) is 1. The summed E-state index contributed by atoms with van der Waals surface area (Å²) in [7, 11) is -1.21. The van der Waals surface area contributed by atoms with Crippen LogP contribution in [-0.2, 0) is 0 Å². The third-order valence-electron chi connectivity index (χ3n) is 4.42. The van der Waals surface area contributed by atoms with E-state index in [9.17, 15) is 0 Å². The topological polar surface area (TPSA) is 3.24 Å². The molecule has 0 saturated carbocycles. The first-order chi connectivity index (χ1) is 8.76. The Kier molecular flexibility index (Phi) is 7.92. The molecule has 1 aliphatic heterocycles. The van der Waals surface area contributed by atoms with Gasteiger partial charge in [0, 0.05) is 0 Å². The number of nitrogens with zero attached hydrogens (tertiary/aromatic N) is 1. The molecule has 2 heteroatoms. The lowest BCUT2D eigenvalue weighted by atomic mass is 10.1. The molecule has 0 unspecified atom stereocenters. The zero-order valence-corrected chi connectivity index (χ0v) is 13.7. The van der Waals surface area contributed by atoms with Gasteiger partial charge in [-0.15, -0.1) is 12.3 Å². The summed E-state index contributed by atoms with van der Waals surface area (Å²) in [6.07, 6.45) is 11.2. The minimum atomic E-state index is -1.21. The number of hydrogen-bond donors (Lipinski definition) is 0. The Morgan fingerprint density at radius 3 is 1.89 bits per heavy atom. The van der Waals surface area contributed by atoms with Gasteiger partial charge in [0.2, 0.25) is 0 Å². The highest BCUT2D eigenvalue weighted by molar-refractivity contribution is 6.84. The lowest BCUT2D eigenvalue weighted by Crippen LogP contribution is -2.46. The predicted octanol–water partition coefficient (Wildman–Crippen LogP) is 4.79. The Bertz CT molecular complexity index is 213. The summed E-state index contributed by atoms with van der Waals surface area (Å²) in [6.45, 7) is 11.6. The first-order valence-corrected chi connectivity index (χ1v) is 10.8. The molecule has 1 aliphatic rings. The molecule has 106 valence electrons. The average Bonchev–Trinajstić information content (AvgIpc) is 2.33. The molecule has 0 aromatic carbocycles. The Morgan fingerprint density at radius 2 is 1.44 bits per heavy atom. The SMILES string of the molecule is C=C[Si](CCC)(CCC)CN1CCCCCCC1. The molecule has 0 N–H and O–H groups in total. The monoisotopic (exact) mass is 267 g/mol. The third-order valence-corrected chi connectivity index (χ3v) is 9.35. The maximum atomic E-state index is 4.21. The average molecular weight is 268 g/mol. The van der Waals surface area contributed by atoms with Crippen molar-refractivity contribution >= 4 is 8.07 Å². The Balaban J connectivity index is 2.58. The minimum absolute atomic E-state index is 1.21. The van der Waals surface area contributed by atoms with Crippen LogP contribution in [0.15, 0.2) is 12.3 Å². The lowest BCUT2D eigenvalue weighted by molar-refractivity contribution is 0.278. The van der Waals surface area contributed by atoms with E-state index in [2.05, 4.69) is 31.0 Å². The van der Waals surface area contributed by atoms with E-state index in [1.807, 2.05) is 0 Å². The van der Waals surface area contributed by atoms with E-state index in [0.717, 1.165) is 0 Å². The summed E-state index contributed by atoms with van der Waals surface area (Å²) in [4.78, 5) is 2.78.